The summed E-state index contributed by atoms with van der Waals surface area (Å²) in [6, 6.07) is 32.1. The van der Waals surface area contributed by atoms with Crippen molar-refractivity contribution in [3.05, 3.63) is 211 Å². The molecule has 28 heteroatoms. The van der Waals surface area contributed by atoms with Crippen LogP contribution < -0.4 is 147 Å². The maximum Gasteiger partial charge on any atom is 1.00 e. The van der Waals surface area contributed by atoms with Gasteiger partial charge in [-0.25, -0.2) is 9.97 Å². The number of rotatable bonds is 16. The van der Waals surface area contributed by atoms with Gasteiger partial charge in [-0.05, 0) is 129 Å². The van der Waals surface area contributed by atoms with Crippen molar-refractivity contribution in [1.29, 1.82) is 0 Å². The fourth-order valence-electron chi connectivity index (χ4n) is 9.93. The summed E-state index contributed by atoms with van der Waals surface area (Å²) in [4.78, 5) is 110. The van der Waals surface area contributed by atoms with Crippen molar-refractivity contribution in [2.45, 2.75) is 77.4 Å². The van der Waals surface area contributed by atoms with E-state index in [0.29, 0.717) is 34.2 Å². The number of fused-ring (bicyclic) bond motifs is 8. The number of aromatic hydroxyl groups is 2. The van der Waals surface area contributed by atoms with Crippen LogP contribution in [0.2, 0.25) is 0 Å². The van der Waals surface area contributed by atoms with Crippen molar-refractivity contribution >= 4 is 30.4 Å². The average Bonchev–Trinajstić information content (AvgIpc) is 3.51. The largest absolute Gasteiger partial charge is 1.00 e. The van der Waals surface area contributed by atoms with Gasteiger partial charge in [-0.15, -0.1) is 0 Å². The van der Waals surface area contributed by atoms with Crippen LogP contribution in [0.25, 0.3) is 22.8 Å². The van der Waals surface area contributed by atoms with Gasteiger partial charge in [-0.1, -0.05) is 72.8 Å². The van der Waals surface area contributed by atoms with E-state index < -0.39 is 66.5 Å². The molecule has 4 aromatic carbocycles. The number of nitrogens with zero attached hydrogens (tertiary/aromatic N) is 4. The van der Waals surface area contributed by atoms with Gasteiger partial charge >= 0.3 is 118 Å². The molecule has 8 bridgehead atoms. The maximum absolute atomic E-state index is 12.6. The number of phenolic OH excluding ortho intramolecular Hbond substituents is 2. The molecule has 0 fully saturated rings. The summed E-state index contributed by atoms with van der Waals surface area (Å²) in [5, 5.41) is 24.9. The minimum absolute atomic E-state index is 0. The van der Waals surface area contributed by atoms with Crippen molar-refractivity contribution in [3.8, 4) is 45.8 Å². The van der Waals surface area contributed by atoms with Gasteiger partial charge in [0.05, 0.1) is 34.2 Å². The van der Waals surface area contributed by atoms with Gasteiger partial charge in [0.15, 0.2) is 0 Å². The molecule has 0 spiro atoms. The maximum atomic E-state index is 12.6. The van der Waals surface area contributed by atoms with E-state index in [0.717, 1.165) is 11.4 Å². The predicted molar refractivity (Wildman–Crippen MR) is 288 cm³/mol. The van der Waals surface area contributed by atoms with Gasteiger partial charge in [0, 0.05) is 61.7 Å². The topological polar surface area (TPSA) is 352 Å². The predicted octanol–water partition coefficient (Wildman–Crippen LogP) is -5.34. The van der Waals surface area contributed by atoms with Crippen LogP contribution in [0.5, 0.6) is 23.0 Å². The third-order valence-electron chi connectivity index (χ3n) is 13.0. The number of phenols is 2. The molecular weight excluding hydrogens is 1200 g/mol. The number of ether oxygens (including phenoxy) is 2. The Balaban J connectivity index is 0.00000323. The molecular formula is C56H52N4Na4O16P4. The first kappa shape index (κ1) is 72.0. The molecule has 4 heterocycles. The summed E-state index contributed by atoms with van der Waals surface area (Å²) in [5.74, 6) is -0.720. The Bertz CT molecular complexity index is 3570. The van der Waals surface area contributed by atoms with E-state index in [4.69, 9.17) is 19.4 Å². The van der Waals surface area contributed by atoms with Gasteiger partial charge in [0.25, 0.3) is 0 Å². The SMILES string of the molecule is Cc1cccc(-c2cccc(COc3c4cc(CP(=O)([O-])O)cc3Cc3cc(CP(=O)([O-])O)cc(c3O)Cc3cc(CP(=O)([O-])O)cc(c3OCc3cccc(-c5cccc(C)n5)n3)Cc3cc(CP(=O)([O-])O)cc(c3O)C4)n2)n1.[Na+].[Na+].[Na+].[Na+]. The first-order valence-electron chi connectivity index (χ1n) is 24.8. The molecule has 0 radical (unpaired) electrons. The third kappa shape index (κ3) is 20.1. The van der Waals surface area contributed by atoms with Crippen molar-refractivity contribution in [2.24, 2.45) is 0 Å². The van der Waals surface area contributed by atoms with Crippen molar-refractivity contribution in [2.75, 3.05) is 0 Å². The summed E-state index contributed by atoms with van der Waals surface area (Å²) in [6.45, 7) is 3.17. The second kappa shape index (κ2) is 30.2. The molecule has 0 saturated carbocycles. The van der Waals surface area contributed by atoms with Crippen LogP contribution in [-0.4, -0.2) is 49.7 Å². The Hall–Kier alpha value is -2.72. The van der Waals surface area contributed by atoms with Gasteiger partial charge in [-0.2, -0.15) is 0 Å². The quantitative estimate of drug-likeness (QED) is 0.0389. The fraction of sp³-hybridized carbons (Fsp3) is 0.214. The van der Waals surface area contributed by atoms with E-state index in [1.165, 1.54) is 48.5 Å². The second-order valence-corrected chi connectivity index (χ2v) is 26.2. The Morgan fingerprint density at radius 3 is 0.881 bits per heavy atom. The fourth-order valence-corrected chi connectivity index (χ4v) is 12.5. The monoisotopic (exact) mass is 1250 g/mol. The number of aryl methyl sites for hydroxylation is 2. The molecule has 416 valence electrons. The van der Waals surface area contributed by atoms with Crippen LogP contribution in [0.3, 0.4) is 0 Å². The normalized spacial score (nSPS) is 14.7. The number of hydrogen-bond donors (Lipinski definition) is 6. The van der Waals surface area contributed by atoms with Crippen LogP contribution in [0.1, 0.15) is 89.5 Å². The molecule has 1 aliphatic carbocycles. The van der Waals surface area contributed by atoms with Crippen molar-refractivity contribution in [3.63, 3.8) is 0 Å². The molecule has 9 rings (SSSR count). The van der Waals surface area contributed by atoms with Crippen LogP contribution in [0.15, 0.2) is 121 Å². The number of pyridine rings is 4. The Morgan fingerprint density at radius 2 is 0.631 bits per heavy atom. The van der Waals surface area contributed by atoms with Crippen LogP contribution >= 0.6 is 30.4 Å². The molecule has 4 atom stereocenters. The Morgan fingerprint density at radius 1 is 0.393 bits per heavy atom. The molecule has 0 saturated heterocycles. The van der Waals surface area contributed by atoms with E-state index in [9.17, 15) is 67.6 Å². The average molecular weight is 1250 g/mol. The second-order valence-electron chi connectivity index (χ2n) is 19.8. The zero-order valence-electron chi connectivity index (χ0n) is 47.0. The molecule has 4 aromatic heterocycles. The first-order chi connectivity index (χ1) is 37.7. The van der Waals surface area contributed by atoms with Gasteiger partial charge < -0.3 is 77.1 Å². The summed E-state index contributed by atoms with van der Waals surface area (Å²) < 4.78 is 63.8. The van der Waals surface area contributed by atoms with Gasteiger partial charge in [0.2, 0.25) is 0 Å². The summed E-state index contributed by atoms with van der Waals surface area (Å²) in [6.07, 6.45) is -5.08. The molecule has 1 aliphatic rings. The summed E-state index contributed by atoms with van der Waals surface area (Å²) >= 11 is 0. The van der Waals surface area contributed by atoms with Crippen molar-refractivity contribution in [1.82, 2.24) is 19.9 Å². The van der Waals surface area contributed by atoms with Gasteiger partial charge in [0.1, 0.15) is 66.6 Å². The zero-order valence-corrected chi connectivity index (χ0v) is 58.5. The van der Waals surface area contributed by atoms with E-state index in [1.807, 2.05) is 38.1 Å². The number of benzene rings is 4. The van der Waals surface area contributed by atoms with Crippen LogP contribution in [-0.2, 0) is 81.8 Å². The smallest absolute Gasteiger partial charge is 0.778 e. The molecule has 0 aliphatic heterocycles. The van der Waals surface area contributed by atoms with E-state index in [2.05, 4.69) is 9.97 Å². The van der Waals surface area contributed by atoms with E-state index in [1.54, 1.807) is 48.5 Å². The molecule has 0 amide bonds. The molecule has 84 heavy (non-hydrogen) atoms. The summed E-state index contributed by atoms with van der Waals surface area (Å²) in [7, 11) is -20.3. The molecule has 6 N–H and O–H groups in total. The van der Waals surface area contributed by atoms with Crippen LogP contribution in [0.4, 0.5) is 0 Å². The minimum atomic E-state index is -5.08. The van der Waals surface area contributed by atoms with E-state index >= 15 is 0 Å². The van der Waals surface area contributed by atoms with Gasteiger partial charge in [-0.3, -0.25) is 9.97 Å². The van der Waals surface area contributed by atoms with Crippen molar-refractivity contribution < 1.29 is 195 Å². The standard InChI is InChI=1S/C56H56N4O16P4.4Na/c1-33-7-3-11-49(57-33)51-13-5-9-47(59-51)27-75-55-43-19-37(31-79(69,70)71)20-44(55)24-40-16-36(30-78(66,67)68)18-42(54(40)62)26-46-22-38(32-80(72,73)74)21-45(25-41-17-35(29-77(63,64)65)15-39(23-43)53(41)61)56(46)76-28-48-10-6-14-52(60-48)50-12-4-8-34(2)58-50;;;;/h3-22,61-62H,23-32H2,1-2H3,(H2,63,64,65)(H2,66,67,68)(H2,69,70,71)(H2,72,73,74);;;;/q;4*+1/p-4. The van der Waals surface area contributed by atoms with Crippen LogP contribution in [0, 0.1) is 13.8 Å². The molecule has 8 aromatic rings. The molecule has 4 unspecified atom stereocenters. The van der Waals surface area contributed by atoms with E-state index in [-0.39, 0.29) is 235 Å². The Kier molecular flexibility index (Phi) is 25.9. The Labute approximate surface area is 573 Å². The number of aromatic nitrogens is 4. The first-order valence-corrected chi connectivity index (χ1v) is 31.8. The zero-order chi connectivity index (χ0) is 57.3. The minimum Gasteiger partial charge on any atom is -0.778 e. The third-order valence-corrected chi connectivity index (χ3v) is 16.0. The summed E-state index contributed by atoms with van der Waals surface area (Å²) in [5.41, 5.74) is 5.21. The molecule has 20 nitrogen and oxygen atoms in total. The number of hydrogen-bond acceptors (Lipinski definition) is 16.